The maximum absolute atomic E-state index is 11.8. The first kappa shape index (κ1) is 18.2. The van der Waals surface area contributed by atoms with Crippen molar-refractivity contribution in [3.05, 3.63) is 24.3 Å². The summed E-state index contributed by atoms with van der Waals surface area (Å²) >= 11 is 0. The zero-order valence-electron chi connectivity index (χ0n) is 14.2. The number of cyclic esters (lactones) is 1. The van der Waals surface area contributed by atoms with Crippen LogP contribution in [0.4, 0.5) is 0 Å². The van der Waals surface area contributed by atoms with Crippen molar-refractivity contribution in [2.45, 2.75) is 57.0 Å². The average molecular weight is 324 g/mol. The molecule has 2 aliphatic rings. The Morgan fingerprint density at radius 3 is 2.70 bits per heavy atom. The largest absolute Gasteiger partial charge is 0.460 e. The number of fused-ring (bicyclic) bond motifs is 1. The number of hydrogen-bond donors (Lipinski definition) is 1. The van der Waals surface area contributed by atoms with Crippen molar-refractivity contribution in [3.63, 3.8) is 0 Å². The topological polar surface area (TPSA) is 65.0 Å². The highest BCUT2D eigenvalue weighted by Gasteiger charge is 2.47. The van der Waals surface area contributed by atoms with E-state index in [-0.39, 0.29) is 17.9 Å². The van der Waals surface area contributed by atoms with Gasteiger partial charge in [-0.1, -0.05) is 12.2 Å². The third-order valence-corrected chi connectivity index (χ3v) is 4.94. The summed E-state index contributed by atoms with van der Waals surface area (Å²) in [5.74, 6) is -0.958. The number of carbonyl (C=O) groups is 1. The Labute approximate surface area is 138 Å². The third-order valence-electron chi connectivity index (χ3n) is 4.94. The molecule has 0 bridgehead atoms. The van der Waals surface area contributed by atoms with Crippen molar-refractivity contribution in [3.8, 4) is 0 Å². The van der Waals surface area contributed by atoms with Gasteiger partial charge in [0.2, 0.25) is 0 Å². The van der Waals surface area contributed by atoms with Gasteiger partial charge in [0.25, 0.3) is 0 Å². The quantitative estimate of drug-likeness (QED) is 0.480. The summed E-state index contributed by atoms with van der Waals surface area (Å²) in [5.41, 5.74) is 0. The molecule has 1 heterocycles. The summed E-state index contributed by atoms with van der Waals surface area (Å²) in [6, 6.07) is 0. The van der Waals surface area contributed by atoms with E-state index >= 15 is 0 Å². The van der Waals surface area contributed by atoms with E-state index in [1.54, 1.807) is 14.2 Å². The van der Waals surface area contributed by atoms with Gasteiger partial charge in [0, 0.05) is 33.1 Å². The average Bonchev–Trinajstić information content (AvgIpc) is 2.91. The summed E-state index contributed by atoms with van der Waals surface area (Å²) in [6.45, 7) is 1.89. The Balaban J connectivity index is 2.19. The van der Waals surface area contributed by atoms with Gasteiger partial charge in [0.05, 0.1) is 12.2 Å². The number of hydrogen-bond acceptors (Lipinski definition) is 5. The van der Waals surface area contributed by atoms with Crippen LogP contribution < -0.4 is 0 Å². The molecule has 130 valence electrons. The molecule has 1 saturated carbocycles. The van der Waals surface area contributed by atoms with Gasteiger partial charge in [-0.2, -0.15) is 0 Å². The minimum Gasteiger partial charge on any atom is -0.460 e. The van der Waals surface area contributed by atoms with Crippen molar-refractivity contribution < 1.29 is 24.1 Å². The number of allylic oxidation sites excluding steroid dienone is 2. The highest BCUT2D eigenvalue weighted by molar-refractivity contribution is 5.82. The number of aliphatic hydroxyl groups is 1. The summed E-state index contributed by atoms with van der Waals surface area (Å²) in [6.07, 6.45) is 10.4. The third kappa shape index (κ3) is 4.66. The van der Waals surface area contributed by atoms with E-state index in [9.17, 15) is 9.90 Å². The minimum atomic E-state index is -0.736. The van der Waals surface area contributed by atoms with Crippen molar-refractivity contribution in [2.24, 2.45) is 11.8 Å². The molecule has 2 rings (SSSR count). The molecule has 4 atom stereocenters. The van der Waals surface area contributed by atoms with Gasteiger partial charge in [0.1, 0.15) is 0 Å². The standard InChI is InChI=1S/C18H28O5/c1-13-7-5-4-6-8-14-11-18(21-2,22-3)12-15(14)16(19)9-10-17(20)23-13/h6,8-10,13-16,19H,4-5,7,11-12H2,1-3H3/b8-6?,10-9+/t13-,14+,15+,16+/m0/s1. The maximum atomic E-state index is 11.8. The normalized spacial score (nSPS) is 36.3. The lowest BCUT2D eigenvalue weighted by molar-refractivity contribution is -0.204. The highest BCUT2D eigenvalue weighted by atomic mass is 16.7. The van der Waals surface area contributed by atoms with Crippen LogP contribution in [0.15, 0.2) is 24.3 Å². The fourth-order valence-electron chi connectivity index (χ4n) is 3.52. The van der Waals surface area contributed by atoms with E-state index in [1.165, 1.54) is 12.2 Å². The summed E-state index contributed by atoms with van der Waals surface area (Å²) in [4.78, 5) is 11.8. The van der Waals surface area contributed by atoms with Gasteiger partial charge in [-0.05, 0) is 44.1 Å². The number of carbonyl (C=O) groups excluding carboxylic acids is 1. The molecule has 0 aromatic heterocycles. The van der Waals surface area contributed by atoms with Crippen molar-refractivity contribution >= 4 is 5.97 Å². The maximum Gasteiger partial charge on any atom is 0.330 e. The molecular formula is C18H28O5. The van der Waals surface area contributed by atoms with Gasteiger partial charge >= 0.3 is 5.97 Å². The number of rotatable bonds is 2. The number of esters is 1. The molecular weight excluding hydrogens is 296 g/mol. The van der Waals surface area contributed by atoms with Crippen LogP contribution in [0.25, 0.3) is 0 Å². The molecule has 0 spiro atoms. The van der Waals surface area contributed by atoms with Crippen LogP contribution in [-0.4, -0.2) is 43.3 Å². The highest BCUT2D eigenvalue weighted by Crippen LogP contribution is 2.44. The van der Waals surface area contributed by atoms with Crippen LogP contribution in [0.5, 0.6) is 0 Å². The van der Waals surface area contributed by atoms with Gasteiger partial charge in [-0.15, -0.1) is 0 Å². The van der Waals surface area contributed by atoms with Gasteiger partial charge in [-0.3, -0.25) is 0 Å². The van der Waals surface area contributed by atoms with E-state index in [2.05, 4.69) is 12.2 Å². The molecule has 0 aromatic rings. The molecule has 0 aromatic carbocycles. The molecule has 0 amide bonds. The summed E-state index contributed by atoms with van der Waals surface area (Å²) < 4.78 is 16.4. The predicted octanol–water partition coefficient (Wildman–Crippen LogP) is 2.59. The summed E-state index contributed by atoms with van der Waals surface area (Å²) in [7, 11) is 3.26. The van der Waals surface area contributed by atoms with Crippen molar-refractivity contribution in [1.82, 2.24) is 0 Å². The van der Waals surface area contributed by atoms with Crippen LogP contribution >= 0.6 is 0 Å². The Morgan fingerprint density at radius 1 is 1.26 bits per heavy atom. The lowest BCUT2D eigenvalue weighted by Gasteiger charge is -2.26. The lowest BCUT2D eigenvalue weighted by Crippen LogP contribution is -2.31. The second kappa shape index (κ2) is 8.08. The Kier molecular flexibility index (Phi) is 6.39. The number of aliphatic hydroxyl groups excluding tert-OH is 1. The van der Waals surface area contributed by atoms with Gasteiger partial charge in [-0.25, -0.2) is 4.79 Å². The monoisotopic (exact) mass is 324 g/mol. The first-order valence-electron chi connectivity index (χ1n) is 8.33. The van der Waals surface area contributed by atoms with E-state index in [0.717, 1.165) is 19.3 Å². The molecule has 0 radical (unpaired) electrons. The van der Waals surface area contributed by atoms with Gasteiger partial charge < -0.3 is 19.3 Å². The van der Waals surface area contributed by atoms with E-state index < -0.39 is 17.9 Å². The summed E-state index contributed by atoms with van der Waals surface area (Å²) in [5, 5.41) is 10.5. The zero-order valence-corrected chi connectivity index (χ0v) is 14.2. The smallest absolute Gasteiger partial charge is 0.330 e. The zero-order chi connectivity index (χ0) is 16.9. The van der Waals surface area contributed by atoms with E-state index in [4.69, 9.17) is 14.2 Å². The molecule has 0 unspecified atom stereocenters. The Morgan fingerprint density at radius 2 is 2.00 bits per heavy atom. The molecule has 1 aliphatic carbocycles. The molecule has 1 N–H and O–H groups in total. The first-order valence-corrected chi connectivity index (χ1v) is 8.33. The van der Waals surface area contributed by atoms with Crippen LogP contribution in [-0.2, 0) is 19.0 Å². The fourth-order valence-corrected chi connectivity index (χ4v) is 3.52. The predicted molar refractivity (Wildman–Crippen MR) is 86.7 cm³/mol. The molecule has 0 saturated heterocycles. The molecule has 1 aliphatic heterocycles. The minimum absolute atomic E-state index is 0.0478. The fraction of sp³-hybridized carbons (Fsp3) is 0.722. The lowest BCUT2D eigenvalue weighted by atomic mass is 9.90. The van der Waals surface area contributed by atoms with Crippen LogP contribution in [0.2, 0.25) is 0 Å². The molecule has 1 fully saturated rings. The van der Waals surface area contributed by atoms with Crippen LogP contribution in [0.1, 0.15) is 39.0 Å². The van der Waals surface area contributed by atoms with Crippen LogP contribution in [0.3, 0.4) is 0 Å². The van der Waals surface area contributed by atoms with Gasteiger partial charge in [0.15, 0.2) is 5.79 Å². The molecule has 5 heteroatoms. The molecule has 5 nitrogen and oxygen atoms in total. The number of methoxy groups -OCH3 is 2. The van der Waals surface area contributed by atoms with E-state index in [0.29, 0.717) is 12.8 Å². The Bertz CT molecular complexity index is 452. The van der Waals surface area contributed by atoms with Crippen molar-refractivity contribution in [1.29, 1.82) is 0 Å². The SMILES string of the molecule is COC1(OC)C[C@H]2[C@H](O)/C=C/C(=O)O[C@@H](C)CCCC=C[C@@H]2C1. The van der Waals surface area contributed by atoms with Crippen molar-refractivity contribution in [2.75, 3.05) is 14.2 Å². The second-order valence-corrected chi connectivity index (χ2v) is 6.51. The van der Waals surface area contributed by atoms with Crippen LogP contribution in [0, 0.1) is 11.8 Å². The first-order chi connectivity index (χ1) is 11.0. The Hall–Kier alpha value is -1.17. The molecule has 23 heavy (non-hydrogen) atoms. The number of ether oxygens (including phenoxy) is 3. The second-order valence-electron chi connectivity index (χ2n) is 6.51. The van der Waals surface area contributed by atoms with E-state index in [1.807, 2.05) is 6.92 Å².